The maximum Gasteiger partial charge on any atom is 0.258 e. The third kappa shape index (κ3) is 3.52. The van der Waals surface area contributed by atoms with E-state index in [2.05, 4.69) is 0 Å². The number of benzene rings is 1. The number of halogens is 2. The van der Waals surface area contributed by atoms with Crippen LogP contribution in [0.5, 0.6) is 0 Å². The molecule has 2 aliphatic rings. The largest absolute Gasteiger partial charge is 0.340 e. The van der Waals surface area contributed by atoms with Gasteiger partial charge in [-0.25, -0.2) is 4.39 Å². The van der Waals surface area contributed by atoms with Crippen molar-refractivity contribution < 1.29 is 14.0 Å². The molecule has 136 valence electrons. The molecule has 4 nitrogen and oxygen atoms in total. The van der Waals surface area contributed by atoms with Gasteiger partial charge in [0.15, 0.2) is 0 Å². The Morgan fingerprint density at radius 1 is 1.24 bits per heavy atom. The molecule has 0 aromatic heterocycles. The normalized spacial score (nSPS) is 20.4. The lowest BCUT2D eigenvalue weighted by Crippen LogP contribution is -2.54. The Morgan fingerprint density at radius 3 is 2.52 bits per heavy atom. The number of carbonyl (C=O) groups excluding carboxylic acids is 2. The molecule has 1 aromatic carbocycles. The van der Waals surface area contributed by atoms with Crippen molar-refractivity contribution in [3.8, 4) is 0 Å². The predicted octanol–water partition coefficient (Wildman–Crippen LogP) is 3.73. The van der Waals surface area contributed by atoms with Crippen molar-refractivity contribution in [2.75, 3.05) is 19.6 Å². The fourth-order valence-electron chi connectivity index (χ4n) is 3.97. The Labute approximate surface area is 152 Å². The number of amides is 2. The van der Waals surface area contributed by atoms with E-state index in [0.717, 1.165) is 25.8 Å². The Morgan fingerprint density at radius 2 is 1.92 bits per heavy atom. The topological polar surface area (TPSA) is 40.6 Å². The van der Waals surface area contributed by atoms with Crippen LogP contribution in [0.4, 0.5) is 4.39 Å². The Bertz CT molecular complexity index is 664. The van der Waals surface area contributed by atoms with Crippen LogP contribution < -0.4 is 0 Å². The fraction of sp³-hybridized carbons (Fsp3) is 0.579. The highest BCUT2D eigenvalue weighted by atomic mass is 35.5. The molecule has 0 bridgehead atoms. The zero-order valence-electron chi connectivity index (χ0n) is 14.7. The van der Waals surface area contributed by atoms with E-state index in [1.165, 1.54) is 18.2 Å². The van der Waals surface area contributed by atoms with Gasteiger partial charge in [-0.3, -0.25) is 9.59 Å². The van der Waals surface area contributed by atoms with E-state index in [9.17, 15) is 14.0 Å². The molecule has 2 fully saturated rings. The van der Waals surface area contributed by atoms with Crippen molar-refractivity contribution in [3.05, 3.63) is 34.6 Å². The number of hydrogen-bond acceptors (Lipinski definition) is 2. The molecule has 2 aliphatic heterocycles. The highest BCUT2D eigenvalue weighted by Gasteiger charge is 2.42. The van der Waals surface area contributed by atoms with Crippen LogP contribution in [0.15, 0.2) is 18.2 Å². The summed E-state index contributed by atoms with van der Waals surface area (Å²) in [5, 5.41) is 0.152. The summed E-state index contributed by atoms with van der Waals surface area (Å²) in [7, 11) is 0. The maximum atomic E-state index is 14.0. The van der Waals surface area contributed by atoms with Crippen molar-refractivity contribution in [2.45, 2.75) is 45.6 Å². The van der Waals surface area contributed by atoms with E-state index >= 15 is 0 Å². The minimum Gasteiger partial charge on any atom is -0.340 e. The first-order chi connectivity index (χ1) is 11.8. The number of carbonyl (C=O) groups is 2. The van der Waals surface area contributed by atoms with Gasteiger partial charge in [0.05, 0.1) is 10.6 Å². The Hall–Kier alpha value is -1.62. The molecule has 6 heteroatoms. The molecule has 0 N–H and O–H groups in total. The van der Waals surface area contributed by atoms with Gasteiger partial charge in [-0.1, -0.05) is 17.7 Å². The fourth-order valence-corrected chi connectivity index (χ4v) is 4.21. The predicted molar refractivity (Wildman–Crippen MR) is 95.1 cm³/mol. The van der Waals surface area contributed by atoms with Crippen LogP contribution in [0.25, 0.3) is 0 Å². The van der Waals surface area contributed by atoms with Crippen LogP contribution in [-0.2, 0) is 4.79 Å². The van der Waals surface area contributed by atoms with E-state index in [1.54, 1.807) is 4.90 Å². The highest BCUT2D eigenvalue weighted by Crippen LogP contribution is 2.41. The van der Waals surface area contributed by atoms with Crippen molar-refractivity contribution in [3.63, 3.8) is 0 Å². The highest BCUT2D eigenvalue weighted by molar-refractivity contribution is 6.33. The first-order valence-corrected chi connectivity index (χ1v) is 9.23. The van der Waals surface area contributed by atoms with E-state index in [0.29, 0.717) is 19.5 Å². The second kappa shape index (κ2) is 6.94. The van der Waals surface area contributed by atoms with Crippen LogP contribution in [0.2, 0.25) is 5.02 Å². The lowest BCUT2D eigenvalue weighted by Gasteiger charge is -2.48. The third-order valence-corrected chi connectivity index (χ3v) is 5.92. The van der Waals surface area contributed by atoms with Crippen LogP contribution in [0, 0.1) is 11.2 Å². The second-order valence-electron chi connectivity index (χ2n) is 7.50. The summed E-state index contributed by atoms with van der Waals surface area (Å²) in [6.07, 6.45) is 3.12. The molecule has 25 heavy (non-hydrogen) atoms. The summed E-state index contributed by atoms with van der Waals surface area (Å²) in [5.41, 5.74) is 0.0382. The van der Waals surface area contributed by atoms with Gasteiger partial charge in [-0.05, 0) is 50.7 Å². The van der Waals surface area contributed by atoms with Crippen LogP contribution in [0.3, 0.4) is 0 Å². The molecule has 2 heterocycles. The molecule has 2 amide bonds. The number of nitrogens with zero attached hydrogens (tertiary/aromatic N) is 2. The van der Waals surface area contributed by atoms with Gasteiger partial charge in [0.1, 0.15) is 5.82 Å². The SMILES string of the molecule is CC(C)N1CC2(CCC1=O)CCN(C(=O)c1c(F)cccc1Cl)CC2. The molecule has 2 saturated heterocycles. The van der Waals surface area contributed by atoms with E-state index in [1.807, 2.05) is 18.7 Å². The average Bonchev–Trinajstić information content (AvgIpc) is 2.57. The summed E-state index contributed by atoms with van der Waals surface area (Å²) in [6.45, 7) is 5.98. The van der Waals surface area contributed by atoms with Crippen molar-refractivity contribution in [1.82, 2.24) is 9.80 Å². The lowest BCUT2D eigenvalue weighted by atomic mass is 9.72. The monoisotopic (exact) mass is 366 g/mol. The first-order valence-electron chi connectivity index (χ1n) is 8.86. The minimum atomic E-state index is -0.577. The van der Waals surface area contributed by atoms with Gasteiger partial charge >= 0.3 is 0 Å². The van der Waals surface area contributed by atoms with E-state index in [4.69, 9.17) is 11.6 Å². The summed E-state index contributed by atoms with van der Waals surface area (Å²) in [6, 6.07) is 4.50. The van der Waals surface area contributed by atoms with Gasteiger partial charge in [0.2, 0.25) is 5.91 Å². The summed E-state index contributed by atoms with van der Waals surface area (Å²) in [5.74, 6) is -0.699. The molecule has 0 atom stereocenters. The van der Waals surface area contributed by atoms with Crippen molar-refractivity contribution in [2.24, 2.45) is 5.41 Å². The van der Waals surface area contributed by atoms with Crippen LogP contribution in [-0.4, -0.2) is 47.3 Å². The van der Waals surface area contributed by atoms with Crippen LogP contribution in [0.1, 0.15) is 49.9 Å². The molecule has 3 rings (SSSR count). The quantitative estimate of drug-likeness (QED) is 0.800. The number of hydrogen-bond donors (Lipinski definition) is 0. The van der Waals surface area contributed by atoms with Gasteiger partial charge in [-0.2, -0.15) is 0 Å². The van der Waals surface area contributed by atoms with Crippen molar-refractivity contribution >= 4 is 23.4 Å². The second-order valence-corrected chi connectivity index (χ2v) is 7.91. The zero-order valence-corrected chi connectivity index (χ0v) is 15.5. The maximum absolute atomic E-state index is 14.0. The van der Waals surface area contributed by atoms with Gasteiger partial charge in [0, 0.05) is 32.1 Å². The molecule has 0 radical (unpaired) electrons. The summed E-state index contributed by atoms with van der Waals surface area (Å²) >= 11 is 6.02. The van der Waals surface area contributed by atoms with Gasteiger partial charge in [0.25, 0.3) is 5.91 Å². The van der Waals surface area contributed by atoms with Crippen LogP contribution >= 0.6 is 11.6 Å². The average molecular weight is 367 g/mol. The smallest absolute Gasteiger partial charge is 0.258 e. The molecule has 0 saturated carbocycles. The molecule has 1 spiro atoms. The third-order valence-electron chi connectivity index (χ3n) is 5.61. The summed E-state index contributed by atoms with van der Waals surface area (Å²) < 4.78 is 14.0. The summed E-state index contributed by atoms with van der Waals surface area (Å²) in [4.78, 5) is 28.4. The van der Waals surface area contributed by atoms with Gasteiger partial charge in [-0.15, -0.1) is 0 Å². The standard InChI is InChI=1S/C19H24ClFN2O2/c1-13(2)23-12-19(7-6-16(23)24)8-10-22(11-9-19)18(25)17-14(20)4-3-5-15(17)21/h3-5,13H,6-12H2,1-2H3. The van der Waals surface area contributed by atoms with E-state index in [-0.39, 0.29) is 33.9 Å². The minimum absolute atomic E-state index is 0.0391. The molecular weight excluding hydrogens is 343 g/mol. The van der Waals surface area contributed by atoms with Gasteiger partial charge < -0.3 is 9.80 Å². The zero-order chi connectivity index (χ0) is 18.2. The lowest BCUT2D eigenvalue weighted by molar-refractivity contribution is -0.141. The number of rotatable bonds is 2. The molecule has 1 aromatic rings. The first kappa shape index (κ1) is 18.2. The number of likely N-dealkylation sites (tertiary alicyclic amines) is 2. The Kier molecular flexibility index (Phi) is 5.05. The molecular formula is C19H24ClFN2O2. The molecule has 0 aliphatic carbocycles. The molecule has 0 unspecified atom stereocenters. The Balaban J connectivity index is 1.70. The van der Waals surface area contributed by atoms with E-state index < -0.39 is 5.82 Å². The van der Waals surface area contributed by atoms with Crippen molar-refractivity contribution in [1.29, 1.82) is 0 Å². The number of piperidine rings is 2.